The lowest BCUT2D eigenvalue weighted by molar-refractivity contribution is -0.105. The standard InChI is InChI=1S/C4H5N3O2S/c1-9-3-6-4(5-2-8)10-7-3/h2H,1H3,(H,5,6,7,8). The second kappa shape index (κ2) is 3.11. The van der Waals surface area contributed by atoms with Crippen molar-refractivity contribution in [2.45, 2.75) is 0 Å². The number of methoxy groups -OCH3 is 1. The minimum Gasteiger partial charge on any atom is -0.466 e. The van der Waals surface area contributed by atoms with E-state index in [-0.39, 0.29) is 6.01 Å². The van der Waals surface area contributed by atoms with Crippen LogP contribution in [0.1, 0.15) is 0 Å². The molecule has 0 unspecified atom stereocenters. The first-order valence-corrected chi connectivity index (χ1v) is 3.22. The van der Waals surface area contributed by atoms with Crippen LogP contribution in [0.3, 0.4) is 0 Å². The summed E-state index contributed by atoms with van der Waals surface area (Å²) >= 11 is 1.07. The van der Waals surface area contributed by atoms with Crippen LogP contribution in [0.25, 0.3) is 0 Å². The Labute approximate surface area is 61.2 Å². The lowest BCUT2D eigenvalue weighted by Gasteiger charge is -1.86. The molecule has 0 saturated heterocycles. The molecular formula is C4H5N3O2S. The highest BCUT2D eigenvalue weighted by Crippen LogP contribution is 2.13. The topological polar surface area (TPSA) is 64.1 Å². The summed E-state index contributed by atoms with van der Waals surface area (Å²) in [7, 11) is 1.47. The molecule has 0 saturated carbocycles. The molecule has 10 heavy (non-hydrogen) atoms. The van der Waals surface area contributed by atoms with Crippen LogP contribution in [0.15, 0.2) is 0 Å². The molecule has 6 heteroatoms. The number of nitrogens with one attached hydrogen (secondary N) is 1. The number of nitrogens with zero attached hydrogens (tertiary/aromatic N) is 2. The number of aromatic nitrogens is 2. The first kappa shape index (κ1) is 6.94. The Morgan fingerprint density at radius 1 is 1.80 bits per heavy atom. The predicted molar refractivity (Wildman–Crippen MR) is 36.1 cm³/mol. The highest BCUT2D eigenvalue weighted by Gasteiger charge is 2.00. The van der Waals surface area contributed by atoms with E-state index in [9.17, 15) is 4.79 Å². The van der Waals surface area contributed by atoms with Crippen LogP contribution in [0.4, 0.5) is 5.13 Å². The first-order chi connectivity index (χ1) is 4.86. The van der Waals surface area contributed by atoms with Gasteiger partial charge in [0.15, 0.2) is 0 Å². The van der Waals surface area contributed by atoms with E-state index in [0.29, 0.717) is 11.5 Å². The minimum absolute atomic E-state index is 0.273. The van der Waals surface area contributed by atoms with E-state index in [0.717, 1.165) is 11.5 Å². The molecule has 1 aromatic rings. The van der Waals surface area contributed by atoms with Crippen LogP contribution in [0.5, 0.6) is 6.01 Å². The highest BCUT2D eigenvalue weighted by atomic mass is 32.1. The summed E-state index contributed by atoms with van der Waals surface area (Å²) in [5.74, 6) is 0. The van der Waals surface area contributed by atoms with Crippen molar-refractivity contribution in [1.82, 2.24) is 9.36 Å². The molecule has 0 aliphatic rings. The van der Waals surface area contributed by atoms with Gasteiger partial charge < -0.3 is 10.1 Å². The maximum Gasteiger partial charge on any atom is 0.329 e. The fourth-order valence-electron chi connectivity index (χ4n) is 0.402. The fourth-order valence-corrected chi connectivity index (χ4v) is 0.902. The molecule has 0 aliphatic carbocycles. The van der Waals surface area contributed by atoms with Crippen molar-refractivity contribution < 1.29 is 9.53 Å². The van der Waals surface area contributed by atoms with E-state index in [1.54, 1.807) is 0 Å². The third-order valence-corrected chi connectivity index (χ3v) is 1.40. The average molecular weight is 159 g/mol. The van der Waals surface area contributed by atoms with Crippen LogP contribution in [0.2, 0.25) is 0 Å². The molecule has 0 bridgehead atoms. The molecule has 1 heterocycles. The van der Waals surface area contributed by atoms with E-state index in [4.69, 9.17) is 0 Å². The number of hydrogen-bond acceptors (Lipinski definition) is 5. The van der Waals surface area contributed by atoms with Crippen LogP contribution in [0, 0.1) is 0 Å². The normalized spacial score (nSPS) is 8.90. The smallest absolute Gasteiger partial charge is 0.329 e. The number of ether oxygens (including phenoxy) is 1. The van der Waals surface area contributed by atoms with E-state index in [2.05, 4.69) is 19.4 Å². The second-order valence-corrected chi connectivity index (χ2v) is 2.10. The van der Waals surface area contributed by atoms with Crippen molar-refractivity contribution in [1.29, 1.82) is 0 Å². The predicted octanol–water partition coefficient (Wildman–Crippen LogP) is 0.115. The molecule has 1 rings (SSSR count). The zero-order chi connectivity index (χ0) is 7.40. The summed E-state index contributed by atoms with van der Waals surface area (Å²) < 4.78 is 8.41. The summed E-state index contributed by atoms with van der Waals surface area (Å²) in [6.07, 6.45) is 0.542. The van der Waals surface area contributed by atoms with Crippen molar-refractivity contribution >= 4 is 23.1 Å². The lowest BCUT2D eigenvalue weighted by Crippen LogP contribution is -1.92. The minimum atomic E-state index is 0.273. The monoisotopic (exact) mass is 159 g/mol. The Hall–Kier alpha value is -1.17. The molecule has 0 aliphatic heterocycles. The van der Waals surface area contributed by atoms with Crippen LogP contribution in [-0.4, -0.2) is 22.9 Å². The van der Waals surface area contributed by atoms with Gasteiger partial charge >= 0.3 is 6.01 Å². The summed E-state index contributed by atoms with van der Waals surface area (Å²) in [6.45, 7) is 0. The molecule has 0 aromatic carbocycles. The van der Waals surface area contributed by atoms with Crippen molar-refractivity contribution in [3.8, 4) is 6.01 Å². The van der Waals surface area contributed by atoms with E-state index in [1.807, 2.05) is 0 Å². The molecule has 0 atom stereocenters. The average Bonchev–Trinajstić information content (AvgIpc) is 2.37. The Morgan fingerprint density at radius 3 is 3.10 bits per heavy atom. The Morgan fingerprint density at radius 2 is 2.60 bits per heavy atom. The van der Waals surface area contributed by atoms with Crippen LogP contribution in [-0.2, 0) is 4.79 Å². The molecule has 1 aromatic heterocycles. The van der Waals surface area contributed by atoms with Crippen molar-refractivity contribution in [2.24, 2.45) is 0 Å². The van der Waals surface area contributed by atoms with Crippen LogP contribution >= 0.6 is 11.5 Å². The van der Waals surface area contributed by atoms with Gasteiger partial charge in [-0.3, -0.25) is 4.79 Å². The fraction of sp³-hybridized carbons (Fsp3) is 0.250. The van der Waals surface area contributed by atoms with Gasteiger partial charge in [0.25, 0.3) is 0 Å². The van der Waals surface area contributed by atoms with Gasteiger partial charge in [-0.15, -0.1) is 4.37 Å². The zero-order valence-electron chi connectivity index (χ0n) is 5.20. The molecule has 54 valence electrons. The van der Waals surface area contributed by atoms with E-state index >= 15 is 0 Å². The van der Waals surface area contributed by atoms with Gasteiger partial charge in [-0.25, -0.2) is 0 Å². The van der Waals surface area contributed by atoms with Gasteiger partial charge in [-0.2, -0.15) is 4.98 Å². The van der Waals surface area contributed by atoms with Gasteiger partial charge in [0.05, 0.1) is 7.11 Å². The molecule has 1 N–H and O–H groups in total. The molecule has 0 spiro atoms. The molecule has 0 radical (unpaired) electrons. The summed E-state index contributed by atoms with van der Waals surface area (Å²) in [6, 6.07) is 0.273. The number of amides is 1. The summed E-state index contributed by atoms with van der Waals surface area (Å²) in [4.78, 5) is 13.6. The lowest BCUT2D eigenvalue weighted by atomic mass is 11.0. The van der Waals surface area contributed by atoms with E-state index < -0.39 is 0 Å². The quantitative estimate of drug-likeness (QED) is 0.636. The molecular weight excluding hydrogens is 154 g/mol. The van der Waals surface area contributed by atoms with Gasteiger partial charge in [0.1, 0.15) is 0 Å². The van der Waals surface area contributed by atoms with Crippen molar-refractivity contribution in [3.63, 3.8) is 0 Å². The maximum absolute atomic E-state index is 9.86. The SMILES string of the molecule is COc1nsc(NC=O)n1. The summed E-state index contributed by atoms with van der Waals surface area (Å²) in [5, 5.41) is 2.78. The Bertz CT molecular complexity index is 224. The molecule has 1 amide bonds. The molecule has 5 nitrogen and oxygen atoms in total. The Kier molecular flexibility index (Phi) is 2.16. The Balaban J connectivity index is 2.67. The number of anilines is 1. The third-order valence-electron chi connectivity index (χ3n) is 0.772. The largest absolute Gasteiger partial charge is 0.466 e. The third kappa shape index (κ3) is 1.41. The number of carbonyl (C=O) groups excluding carboxylic acids is 1. The zero-order valence-corrected chi connectivity index (χ0v) is 6.01. The van der Waals surface area contributed by atoms with Gasteiger partial charge in [0.2, 0.25) is 11.5 Å². The number of rotatable bonds is 3. The molecule has 0 fully saturated rings. The number of hydrogen-bond donors (Lipinski definition) is 1. The maximum atomic E-state index is 9.86. The highest BCUT2D eigenvalue weighted by molar-refractivity contribution is 7.09. The summed E-state index contributed by atoms with van der Waals surface area (Å²) in [5.41, 5.74) is 0. The van der Waals surface area contributed by atoms with Gasteiger partial charge in [-0.1, -0.05) is 0 Å². The van der Waals surface area contributed by atoms with E-state index in [1.165, 1.54) is 7.11 Å². The second-order valence-electron chi connectivity index (χ2n) is 1.35. The van der Waals surface area contributed by atoms with Gasteiger partial charge in [0, 0.05) is 11.5 Å². The first-order valence-electron chi connectivity index (χ1n) is 2.44. The van der Waals surface area contributed by atoms with Gasteiger partial charge in [-0.05, 0) is 0 Å². The number of carbonyl (C=O) groups is 1. The van der Waals surface area contributed by atoms with Crippen molar-refractivity contribution in [3.05, 3.63) is 0 Å². The van der Waals surface area contributed by atoms with Crippen LogP contribution < -0.4 is 10.1 Å². The van der Waals surface area contributed by atoms with Crippen molar-refractivity contribution in [2.75, 3.05) is 12.4 Å².